The maximum absolute atomic E-state index is 12.7. The molecule has 26 heavy (non-hydrogen) atoms. The van der Waals surface area contributed by atoms with E-state index in [0.29, 0.717) is 20.7 Å². The molecular weight excluding hydrogens is 372 g/mol. The third-order valence-electron chi connectivity index (χ3n) is 4.33. The fourth-order valence-corrected chi connectivity index (χ4v) is 4.19. The number of likely N-dealkylation sites (tertiary alicyclic amines) is 1. The minimum absolute atomic E-state index is 0.00788. The van der Waals surface area contributed by atoms with Crippen LogP contribution in [-0.2, 0) is 9.59 Å². The fourth-order valence-electron chi connectivity index (χ4n) is 2.93. The molecule has 0 spiro atoms. The van der Waals surface area contributed by atoms with Gasteiger partial charge in [0.25, 0.3) is 5.91 Å². The predicted molar refractivity (Wildman–Crippen MR) is 105 cm³/mol. The third kappa shape index (κ3) is 3.86. The first kappa shape index (κ1) is 18.7. The number of carbonyl (C=O) groups excluding carboxylic acids is 2. The van der Waals surface area contributed by atoms with E-state index in [-0.39, 0.29) is 18.4 Å². The first-order chi connectivity index (χ1) is 12.5. The Balaban J connectivity index is 1.75. The number of thiocarbonyl (C=S) groups is 1. The van der Waals surface area contributed by atoms with E-state index >= 15 is 0 Å². The molecule has 1 aromatic rings. The van der Waals surface area contributed by atoms with E-state index in [2.05, 4.69) is 0 Å². The monoisotopic (exact) mass is 392 g/mol. The molecule has 2 amide bonds. The molecule has 0 bridgehead atoms. The molecule has 2 saturated heterocycles. The summed E-state index contributed by atoms with van der Waals surface area (Å²) in [5, 5.41) is 0. The second-order valence-corrected chi connectivity index (χ2v) is 7.65. The Morgan fingerprint density at radius 2 is 1.92 bits per heavy atom. The molecular formula is C18H20N2O4S2. The highest BCUT2D eigenvalue weighted by atomic mass is 32.2. The van der Waals surface area contributed by atoms with Crippen molar-refractivity contribution in [1.82, 2.24) is 9.80 Å². The van der Waals surface area contributed by atoms with Crippen LogP contribution >= 0.6 is 24.0 Å². The van der Waals surface area contributed by atoms with Crippen LogP contribution in [0.2, 0.25) is 0 Å². The average Bonchev–Trinajstić information content (AvgIpc) is 3.26. The van der Waals surface area contributed by atoms with Gasteiger partial charge in [-0.05, 0) is 36.6 Å². The third-order valence-corrected chi connectivity index (χ3v) is 5.71. The van der Waals surface area contributed by atoms with Crippen LogP contribution in [0.25, 0.3) is 6.08 Å². The zero-order valence-electron chi connectivity index (χ0n) is 14.7. The molecule has 8 heteroatoms. The van der Waals surface area contributed by atoms with E-state index in [9.17, 15) is 9.59 Å². The van der Waals surface area contributed by atoms with E-state index in [0.717, 1.165) is 31.5 Å². The number of hydrogen-bond acceptors (Lipinski definition) is 6. The zero-order chi connectivity index (χ0) is 18.7. The molecule has 2 aliphatic rings. The topological polar surface area (TPSA) is 59.1 Å². The van der Waals surface area contributed by atoms with Gasteiger partial charge in [0, 0.05) is 13.1 Å². The molecule has 0 aliphatic carbocycles. The van der Waals surface area contributed by atoms with Gasteiger partial charge in [0.2, 0.25) is 5.91 Å². The number of thioether (sulfide) groups is 1. The summed E-state index contributed by atoms with van der Waals surface area (Å²) in [5.74, 6) is 0.919. The fraction of sp³-hybridized carbons (Fsp3) is 0.389. The standard InChI is InChI=1S/C18H20N2O4S2/c1-23-13-6-5-12(9-14(13)24-2)10-15-17(22)20(18(25)26-15)11-16(21)19-7-3-4-8-19/h5-6,9-10H,3-4,7-8,11H2,1-2H3. The number of methoxy groups -OCH3 is 2. The van der Waals surface area contributed by atoms with Crippen LogP contribution in [0.1, 0.15) is 18.4 Å². The van der Waals surface area contributed by atoms with Crippen molar-refractivity contribution < 1.29 is 19.1 Å². The van der Waals surface area contributed by atoms with Crippen molar-refractivity contribution in [2.45, 2.75) is 12.8 Å². The van der Waals surface area contributed by atoms with Crippen molar-refractivity contribution in [1.29, 1.82) is 0 Å². The van der Waals surface area contributed by atoms with Gasteiger partial charge in [0.05, 0.1) is 19.1 Å². The van der Waals surface area contributed by atoms with Gasteiger partial charge in [-0.2, -0.15) is 0 Å². The van der Waals surface area contributed by atoms with E-state index < -0.39 is 0 Å². The lowest BCUT2D eigenvalue weighted by atomic mass is 10.2. The van der Waals surface area contributed by atoms with Crippen molar-refractivity contribution in [2.75, 3.05) is 33.9 Å². The molecule has 0 saturated carbocycles. The molecule has 138 valence electrons. The molecule has 0 aromatic heterocycles. The normalized spacial score (nSPS) is 18.8. The first-order valence-corrected chi connectivity index (χ1v) is 9.51. The van der Waals surface area contributed by atoms with Gasteiger partial charge in [-0.15, -0.1) is 0 Å². The number of hydrogen-bond donors (Lipinski definition) is 0. The van der Waals surface area contributed by atoms with Crippen LogP contribution < -0.4 is 9.47 Å². The highest BCUT2D eigenvalue weighted by molar-refractivity contribution is 8.26. The maximum Gasteiger partial charge on any atom is 0.266 e. The van der Waals surface area contributed by atoms with Gasteiger partial charge in [-0.3, -0.25) is 14.5 Å². The molecule has 2 fully saturated rings. The summed E-state index contributed by atoms with van der Waals surface area (Å²) < 4.78 is 10.9. The number of benzene rings is 1. The minimum atomic E-state index is -0.234. The Morgan fingerprint density at radius 3 is 2.58 bits per heavy atom. The Labute approximate surface area is 162 Å². The summed E-state index contributed by atoms with van der Waals surface area (Å²) in [5.41, 5.74) is 0.800. The first-order valence-electron chi connectivity index (χ1n) is 8.28. The van der Waals surface area contributed by atoms with Crippen LogP contribution in [0.3, 0.4) is 0 Å². The summed E-state index contributed by atoms with van der Waals surface area (Å²) in [6.07, 6.45) is 3.79. The van der Waals surface area contributed by atoms with Crippen molar-refractivity contribution in [2.24, 2.45) is 0 Å². The average molecular weight is 393 g/mol. The molecule has 2 aliphatic heterocycles. The van der Waals surface area contributed by atoms with Gasteiger partial charge in [-0.1, -0.05) is 30.0 Å². The Bertz CT molecular complexity index is 772. The molecule has 0 atom stereocenters. The molecule has 1 aromatic carbocycles. The molecule has 0 N–H and O–H groups in total. The summed E-state index contributed by atoms with van der Waals surface area (Å²) in [4.78, 5) is 28.7. The van der Waals surface area contributed by atoms with Crippen molar-refractivity contribution in [3.63, 3.8) is 0 Å². The number of amides is 2. The SMILES string of the molecule is COc1ccc(C=C2SC(=S)N(CC(=O)N3CCCC3)C2=O)cc1OC. The summed E-state index contributed by atoms with van der Waals surface area (Å²) in [6.45, 7) is 1.53. The predicted octanol–water partition coefficient (Wildman–Crippen LogP) is 2.53. The van der Waals surface area contributed by atoms with Crippen LogP contribution in [0.5, 0.6) is 11.5 Å². The van der Waals surface area contributed by atoms with Gasteiger partial charge >= 0.3 is 0 Å². The zero-order valence-corrected chi connectivity index (χ0v) is 16.3. The highest BCUT2D eigenvalue weighted by Gasteiger charge is 2.34. The number of carbonyl (C=O) groups is 2. The highest BCUT2D eigenvalue weighted by Crippen LogP contribution is 2.34. The molecule has 0 radical (unpaired) electrons. The van der Waals surface area contributed by atoms with Gasteiger partial charge in [0.15, 0.2) is 11.5 Å². The van der Waals surface area contributed by atoms with E-state index in [1.165, 1.54) is 16.7 Å². The molecule has 0 unspecified atom stereocenters. The second kappa shape index (κ2) is 8.09. The smallest absolute Gasteiger partial charge is 0.266 e. The van der Waals surface area contributed by atoms with Crippen molar-refractivity contribution in [3.8, 4) is 11.5 Å². The molecule has 2 heterocycles. The van der Waals surface area contributed by atoms with Crippen molar-refractivity contribution >= 4 is 46.2 Å². The number of nitrogens with zero attached hydrogens (tertiary/aromatic N) is 2. The lowest BCUT2D eigenvalue weighted by molar-refractivity contribution is -0.134. The number of rotatable bonds is 5. The van der Waals surface area contributed by atoms with Crippen molar-refractivity contribution in [3.05, 3.63) is 28.7 Å². The van der Waals surface area contributed by atoms with Gasteiger partial charge in [-0.25, -0.2) is 0 Å². The molecule has 6 nitrogen and oxygen atoms in total. The number of ether oxygens (including phenoxy) is 2. The van der Waals surface area contributed by atoms with Gasteiger partial charge < -0.3 is 14.4 Å². The van der Waals surface area contributed by atoms with E-state index in [1.54, 1.807) is 37.3 Å². The van der Waals surface area contributed by atoms with Crippen LogP contribution in [-0.4, -0.2) is 59.8 Å². The van der Waals surface area contributed by atoms with E-state index in [4.69, 9.17) is 21.7 Å². The minimum Gasteiger partial charge on any atom is -0.493 e. The quantitative estimate of drug-likeness (QED) is 0.567. The second-order valence-electron chi connectivity index (χ2n) is 5.97. The largest absolute Gasteiger partial charge is 0.493 e. The Kier molecular flexibility index (Phi) is 5.83. The van der Waals surface area contributed by atoms with Crippen LogP contribution in [0, 0.1) is 0 Å². The Hall–Kier alpha value is -2.06. The molecule has 3 rings (SSSR count). The maximum atomic E-state index is 12.7. The van der Waals surface area contributed by atoms with Gasteiger partial charge in [0.1, 0.15) is 10.9 Å². The lowest BCUT2D eigenvalue weighted by Crippen LogP contribution is -2.40. The van der Waals surface area contributed by atoms with Crippen LogP contribution in [0.4, 0.5) is 0 Å². The Morgan fingerprint density at radius 1 is 1.23 bits per heavy atom. The summed E-state index contributed by atoms with van der Waals surface area (Å²) in [7, 11) is 3.13. The summed E-state index contributed by atoms with van der Waals surface area (Å²) in [6, 6.07) is 5.41. The van der Waals surface area contributed by atoms with Crippen LogP contribution in [0.15, 0.2) is 23.1 Å². The lowest BCUT2D eigenvalue weighted by Gasteiger charge is -2.19. The van der Waals surface area contributed by atoms with E-state index in [1.807, 2.05) is 6.07 Å². The summed E-state index contributed by atoms with van der Waals surface area (Å²) >= 11 is 6.51.